The van der Waals surface area contributed by atoms with Crippen LogP contribution >= 0.6 is 0 Å². The van der Waals surface area contributed by atoms with Crippen LogP contribution in [0.5, 0.6) is 0 Å². The number of hydrogen-bond acceptors (Lipinski definition) is 5. The van der Waals surface area contributed by atoms with E-state index in [9.17, 15) is 14.4 Å². The van der Waals surface area contributed by atoms with E-state index in [2.05, 4.69) is 15.9 Å². The first-order valence-corrected chi connectivity index (χ1v) is 9.93. The lowest BCUT2D eigenvalue weighted by Crippen LogP contribution is -2.73. The molecule has 2 aliphatic rings. The number of fused-ring (bicyclic) bond motifs is 1. The second kappa shape index (κ2) is 8.93. The lowest BCUT2D eigenvalue weighted by Gasteiger charge is -2.46. The van der Waals surface area contributed by atoms with Crippen molar-refractivity contribution in [2.45, 2.75) is 31.5 Å². The van der Waals surface area contributed by atoms with Crippen molar-refractivity contribution >= 4 is 23.9 Å². The Bertz CT molecular complexity index is 1040. The summed E-state index contributed by atoms with van der Waals surface area (Å²) in [6.45, 7) is 1.82. The maximum Gasteiger partial charge on any atom is 0.274 e. The van der Waals surface area contributed by atoms with Crippen LogP contribution in [0.2, 0.25) is 0 Å². The standard InChI is InChI=1S/C23H22N4O4/c1-15-12-13-24-27-20(21(15)31-26-22(29)17-10-6-3-7-11-17)19(23(27)30)25-18(28)14-16-8-4-2-5-9-16/h2-13,19-21H,14H2,1H3,(H,25,28)(H,26,29)/t19-,20-,21-/m1/s1. The lowest BCUT2D eigenvalue weighted by molar-refractivity contribution is -0.163. The lowest BCUT2D eigenvalue weighted by atomic mass is 9.88. The molecule has 2 N–H and O–H groups in total. The summed E-state index contributed by atoms with van der Waals surface area (Å²) >= 11 is 0. The number of nitrogens with zero attached hydrogens (tertiary/aromatic N) is 2. The largest absolute Gasteiger partial charge is 0.342 e. The molecule has 0 saturated carbocycles. The molecule has 4 rings (SSSR count). The van der Waals surface area contributed by atoms with Crippen molar-refractivity contribution in [3.8, 4) is 0 Å². The Balaban J connectivity index is 1.45. The molecule has 0 spiro atoms. The van der Waals surface area contributed by atoms with Gasteiger partial charge in [0.05, 0.1) is 6.42 Å². The minimum atomic E-state index is -0.798. The van der Waals surface area contributed by atoms with Gasteiger partial charge in [0.25, 0.3) is 11.8 Å². The highest BCUT2D eigenvalue weighted by Gasteiger charge is 2.54. The van der Waals surface area contributed by atoms with Crippen LogP contribution in [0, 0.1) is 0 Å². The van der Waals surface area contributed by atoms with Crippen LogP contribution in [-0.4, -0.2) is 47.1 Å². The third-order valence-electron chi connectivity index (χ3n) is 5.24. The van der Waals surface area contributed by atoms with Crippen molar-refractivity contribution in [2.75, 3.05) is 0 Å². The molecule has 2 heterocycles. The number of rotatable bonds is 6. The third-order valence-corrected chi connectivity index (χ3v) is 5.24. The molecule has 8 nitrogen and oxygen atoms in total. The van der Waals surface area contributed by atoms with Gasteiger partial charge in [0.1, 0.15) is 18.2 Å². The van der Waals surface area contributed by atoms with Gasteiger partial charge < -0.3 is 5.32 Å². The quantitative estimate of drug-likeness (QED) is 0.550. The minimum Gasteiger partial charge on any atom is -0.342 e. The number of allylic oxidation sites excluding steroid dienone is 1. The van der Waals surface area contributed by atoms with Crippen LogP contribution in [-0.2, 0) is 20.8 Å². The first-order chi connectivity index (χ1) is 15.0. The number of nitrogens with one attached hydrogen (secondary N) is 2. The average Bonchev–Trinajstić information content (AvgIpc) is 2.93. The molecule has 0 radical (unpaired) electrons. The Morgan fingerprint density at radius 3 is 2.45 bits per heavy atom. The van der Waals surface area contributed by atoms with E-state index in [1.807, 2.05) is 43.3 Å². The smallest absolute Gasteiger partial charge is 0.274 e. The van der Waals surface area contributed by atoms with Gasteiger partial charge >= 0.3 is 0 Å². The Hall–Kier alpha value is -3.78. The average molecular weight is 418 g/mol. The topological polar surface area (TPSA) is 100 Å². The zero-order chi connectivity index (χ0) is 21.8. The Kier molecular flexibility index (Phi) is 5.90. The predicted molar refractivity (Wildman–Crippen MR) is 114 cm³/mol. The zero-order valence-electron chi connectivity index (χ0n) is 16.9. The molecule has 0 aliphatic carbocycles. The van der Waals surface area contributed by atoms with Crippen LogP contribution in [0.4, 0.5) is 0 Å². The maximum absolute atomic E-state index is 12.6. The van der Waals surface area contributed by atoms with Crippen LogP contribution in [0.15, 0.2) is 77.4 Å². The zero-order valence-corrected chi connectivity index (χ0v) is 16.9. The number of β-lactam (4-membered cyclic amide) rings is 1. The number of carbonyl (C=O) groups excluding carboxylic acids is 3. The molecule has 0 unspecified atom stereocenters. The molecule has 158 valence electrons. The van der Waals surface area contributed by atoms with E-state index in [1.165, 1.54) is 11.2 Å². The Morgan fingerprint density at radius 1 is 1.06 bits per heavy atom. The number of hydrazone groups is 1. The molecular weight excluding hydrogens is 396 g/mol. The number of benzene rings is 2. The number of amides is 3. The van der Waals surface area contributed by atoms with E-state index in [0.29, 0.717) is 5.56 Å². The summed E-state index contributed by atoms with van der Waals surface area (Å²) in [4.78, 5) is 43.2. The molecular formula is C23H22N4O4. The van der Waals surface area contributed by atoms with Crippen molar-refractivity contribution in [3.05, 3.63) is 83.4 Å². The van der Waals surface area contributed by atoms with Gasteiger partial charge in [0.2, 0.25) is 5.91 Å². The van der Waals surface area contributed by atoms with Gasteiger partial charge in [-0.15, -0.1) is 0 Å². The first-order valence-electron chi connectivity index (χ1n) is 9.93. The van der Waals surface area contributed by atoms with Gasteiger partial charge in [0.15, 0.2) is 0 Å². The van der Waals surface area contributed by atoms with Gasteiger partial charge in [-0.05, 0) is 36.3 Å². The molecule has 2 aromatic rings. The normalized spacial score (nSPS) is 22.0. The van der Waals surface area contributed by atoms with Gasteiger partial charge in [0, 0.05) is 11.8 Å². The molecule has 1 fully saturated rings. The second-order valence-electron chi connectivity index (χ2n) is 7.39. The molecule has 8 heteroatoms. The molecule has 2 aromatic carbocycles. The molecule has 3 atom stereocenters. The molecule has 2 aliphatic heterocycles. The van der Waals surface area contributed by atoms with Gasteiger partial charge in [-0.25, -0.2) is 10.5 Å². The third kappa shape index (κ3) is 4.39. The van der Waals surface area contributed by atoms with Gasteiger partial charge in [-0.2, -0.15) is 5.10 Å². The van der Waals surface area contributed by atoms with Crippen LogP contribution in [0.3, 0.4) is 0 Å². The summed E-state index contributed by atoms with van der Waals surface area (Å²) in [6.07, 6.45) is 2.71. The molecule has 0 aromatic heterocycles. The van der Waals surface area contributed by atoms with Crippen molar-refractivity contribution < 1.29 is 19.2 Å². The van der Waals surface area contributed by atoms with E-state index in [0.717, 1.165) is 11.1 Å². The number of hydrogen-bond donors (Lipinski definition) is 2. The molecule has 3 amide bonds. The Morgan fingerprint density at radius 2 is 1.74 bits per heavy atom. The summed E-state index contributed by atoms with van der Waals surface area (Å²) < 4.78 is 0. The van der Waals surface area contributed by atoms with Crippen molar-refractivity contribution in [3.63, 3.8) is 0 Å². The van der Waals surface area contributed by atoms with Crippen molar-refractivity contribution in [1.82, 2.24) is 15.8 Å². The minimum absolute atomic E-state index is 0.158. The van der Waals surface area contributed by atoms with E-state index in [-0.39, 0.29) is 18.2 Å². The highest BCUT2D eigenvalue weighted by atomic mass is 16.7. The maximum atomic E-state index is 12.6. The second-order valence-corrected chi connectivity index (χ2v) is 7.39. The number of hydroxylamine groups is 1. The first kappa shape index (κ1) is 20.5. The predicted octanol–water partition coefficient (Wildman–Crippen LogP) is 1.60. The fraction of sp³-hybridized carbons (Fsp3) is 0.217. The molecule has 1 saturated heterocycles. The van der Waals surface area contributed by atoms with E-state index in [4.69, 9.17) is 4.84 Å². The van der Waals surface area contributed by atoms with E-state index < -0.39 is 24.1 Å². The van der Waals surface area contributed by atoms with E-state index >= 15 is 0 Å². The van der Waals surface area contributed by atoms with Gasteiger partial charge in [-0.1, -0.05) is 48.5 Å². The number of carbonyl (C=O) groups is 3. The summed E-state index contributed by atoms with van der Waals surface area (Å²) in [6, 6.07) is 16.6. The fourth-order valence-electron chi connectivity index (χ4n) is 3.60. The summed E-state index contributed by atoms with van der Waals surface area (Å²) in [5.41, 5.74) is 4.51. The van der Waals surface area contributed by atoms with Crippen LogP contribution in [0.25, 0.3) is 0 Å². The van der Waals surface area contributed by atoms with Crippen LogP contribution < -0.4 is 10.8 Å². The van der Waals surface area contributed by atoms with E-state index in [1.54, 1.807) is 30.3 Å². The van der Waals surface area contributed by atoms with Crippen molar-refractivity contribution in [2.24, 2.45) is 5.10 Å². The fourth-order valence-corrected chi connectivity index (χ4v) is 3.60. The summed E-state index contributed by atoms with van der Waals surface area (Å²) in [7, 11) is 0. The van der Waals surface area contributed by atoms with Crippen LogP contribution in [0.1, 0.15) is 22.8 Å². The molecule has 0 bridgehead atoms. The molecule has 31 heavy (non-hydrogen) atoms. The monoisotopic (exact) mass is 418 g/mol. The summed E-state index contributed by atoms with van der Waals surface area (Å²) in [5.74, 6) is -1.000. The summed E-state index contributed by atoms with van der Waals surface area (Å²) in [5, 5.41) is 8.20. The van der Waals surface area contributed by atoms with Gasteiger partial charge in [-0.3, -0.25) is 19.2 Å². The Labute approximate surface area is 179 Å². The van der Waals surface area contributed by atoms with Crippen molar-refractivity contribution in [1.29, 1.82) is 0 Å². The highest BCUT2D eigenvalue weighted by molar-refractivity contribution is 5.95. The SMILES string of the molecule is CC1=CC=NN2C(=O)[C@H](NC(=O)Cc3ccccc3)[C@@H]2[C@@H]1ONC(=O)c1ccccc1. The highest BCUT2D eigenvalue weighted by Crippen LogP contribution is 2.30.